The molecule has 1 fully saturated rings. The molecule has 1 aliphatic rings. The average molecular weight is 192 g/mol. The zero-order chi connectivity index (χ0) is 9.10. The minimum Gasteiger partial charge on any atom is -0.379 e. The third-order valence-corrected chi connectivity index (χ3v) is 2.81. The lowest BCUT2D eigenvalue weighted by Gasteiger charge is -2.24. The Bertz CT molecular complexity index is 344. The molecule has 0 amide bonds. The van der Waals surface area contributed by atoms with Gasteiger partial charge in [0, 0.05) is 0 Å². The quantitative estimate of drug-likeness (QED) is 0.711. The van der Waals surface area contributed by atoms with E-state index in [0.29, 0.717) is 10.9 Å². The molecule has 66 valence electrons. The van der Waals surface area contributed by atoms with Crippen molar-refractivity contribution in [2.45, 2.75) is 10.3 Å². The molecule has 0 N–H and O–H groups in total. The van der Waals surface area contributed by atoms with Crippen molar-refractivity contribution in [2.75, 3.05) is 13.2 Å². The number of ether oxygens (including phenoxy) is 1. The van der Waals surface area contributed by atoms with E-state index in [1.807, 2.05) is 18.2 Å². The molecule has 0 saturated carbocycles. The van der Waals surface area contributed by atoms with Crippen LogP contribution in [-0.4, -0.2) is 23.4 Å². The second kappa shape index (κ2) is 3.77. The van der Waals surface area contributed by atoms with Gasteiger partial charge in [-0.25, -0.2) is 4.98 Å². The van der Waals surface area contributed by atoms with Crippen molar-refractivity contribution in [3.05, 3.63) is 23.9 Å². The third kappa shape index (κ3) is 2.00. The molecule has 0 spiro atoms. The SMILES string of the molecule is N#Cc1cccc(SC2COC2)n1. The van der Waals surface area contributed by atoms with Crippen molar-refractivity contribution in [1.29, 1.82) is 5.26 Å². The highest BCUT2D eigenvalue weighted by Gasteiger charge is 2.19. The molecule has 0 atom stereocenters. The first-order valence-electron chi connectivity index (χ1n) is 4.00. The molecule has 0 aromatic carbocycles. The van der Waals surface area contributed by atoms with Gasteiger partial charge in [0.1, 0.15) is 11.8 Å². The predicted octanol–water partition coefficient (Wildman–Crippen LogP) is 1.44. The smallest absolute Gasteiger partial charge is 0.141 e. The van der Waals surface area contributed by atoms with Crippen LogP contribution in [0.5, 0.6) is 0 Å². The Kier molecular flexibility index (Phi) is 2.48. The van der Waals surface area contributed by atoms with E-state index >= 15 is 0 Å². The highest BCUT2D eigenvalue weighted by atomic mass is 32.2. The van der Waals surface area contributed by atoms with Crippen LogP contribution < -0.4 is 0 Å². The fourth-order valence-electron chi connectivity index (χ4n) is 0.996. The molecule has 1 aliphatic heterocycles. The molecule has 1 aromatic heterocycles. The van der Waals surface area contributed by atoms with Crippen LogP contribution in [0.3, 0.4) is 0 Å². The van der Waals surface area contributed by atoms with Crippen molar-refractivity contribution in [3.63, 3.8) is 0 Å². The van der Waals surface area contributed by atoms with E-state index in [0.717, 1.165) is 18.2 Å². The molecule has 13 heavy (non-hydrogen) atoms. The fraction of sp³-hybridized carbons (Fsp3) is 0.333. The van der Waals surface area contributed by atoms with Crippen molar-refractivity contribution in [2.24, 2.45) is 0 Å². The summed E-state index contributed by atoms with van der Waals surface area (Å²) in [5, 5.41) is 10.0. The lowest BCUT2D eigenvalue weighted by Crippen LogP contribution is -2.30. The van der Waals surface area contributed by atoms with Gasteiger partial charge in [-0.1, -0.05) is 17.8 Å². The average Bonchev–Trinajstić information content (AvgIpc) is 2.12. The van der Waals surface area contributed by atoms with E-state index in [2.05, 4.69) is 4.98 Å². The monoisotopic (exact) mass is 192 g/mol. The molecule has 3 nitrogen and oxygen atoms in total. The molecule has 0 bridgehead atoms. The van der Waals surface area contributed by atoms with E-state index < -0.39 is 0 Å². The Morgan fingerprint density at radius 2 is 2.38 bits per heavy atom. The summed E-state index contributed by atoms with van der Waals surface area (Å²) in [6.45, 7) is 1.59. The van der Waals surface area contributed by atoms with Gasteiger partial charge in [0.05, 0.1) is 23.5 Å². The summed E-state index contributed by atoms with van der Waals surface area (Å²) in [5.41, 5.74) is 0.477. The second-order valence-corrected chi connectivity index (χ2v) is 4.07. The molecular weight excluding hydrogens is 184 g/mol. The lowest BCUT2D eigenvalue weighted by molar-refractivity contribution is 0.0454. The summed E-state index contributed by atoms with van der Waals surface area (Å²) in [7, 11) is 0. The van der Waals surface area contributed by atoms with E-state index in [1.165, 1.54) is 0 Å². The summed E-state index contributed by atoms with van der Waals surface area (Å²) >= 11 is 1.67. The van der Waals surface area contributed by atoms with Crippen molar-refractivity contribution >= 4 is 11.8 Å². The first kappa shape index (κ1) is 8.54. The van der Waals surface area contributed by atoms with E-state index in [1.54, 1.807) is 17.8 Å². The van der Waals surface area contributed by atoms with Gasteiger partial charge < -0.3 is 4.74 Å². The number of rotatable bonds is 2. The fourth-order valence-corrected chi connectivity index (χ4v) is 1.97. The lowest BCUT2D eigenvalue weighted by atomic mass is 10.4. The van der Waals surface area contributed by atoms with Crippen LogP contribution in [-0.2, 0) is 4.74 Å². The molecule has 0 radical (unpaired) electrons. The molecule has 2 heterocycles. The minimum absolute atomic E-state index is 0.477. The highest BCUT2D eigenvalue weighted by molar-refractivity contribution is 8.00. The van der Waals surface area contributed by atoms with E-state index in [-0.39, 0.29) is 0 Å². The van der Waals surface area contributed by atoms with Gasteiger partial charge >= 0.3 is 0 Å². The van der Waals surface area contributed by atoms with Crippen LogP contribution in [0.1, 0.15) is 5.69 Å². The number of hydrogen-bond donors (Lipinski definition) is 0. The molecule has 2 rings (SSSR count). The molecule has 0 unspecified atom stereocenters. The van der Waals surface area contributed by atoms with E-state index in [9.17, 15) is 0 Å². The molecular formula is C9H8N2OS. The Hall–Kier alpha value is -1.05. The zero-order valence-corrected chi connectivity index (χ0v) is 7.75. The first-order chi connectivity index (χ1) is 6.38. The van der Waals surface area contributed by atoms with Crippen molar-refractivity contribution < 1.29 is 4.74 Å². The molecule has 0 aliphatic carbocycles. The summed E-state index contributed by atoms with van der Waals surface area (Å²) in [6.07, 6.45) is 0. The maximum Gasteiger partial charge on any atom is 0.141 e. The molecule has 1 saturated heterocycles. The number of thioether (sulfide) groups is 1. The first-order valence-corrected chi connectivity index (χ1v) is 4.88. The molecule has 1 aromatic rings. The standard InChI is InChI=1S/C9H8N2OS/c10-4-7-2-1-3-9(11-7)13-8-5-12-6-8/h1-3,8H,5-6H2. The summed E-state index contributed by atoms with van der Waals surface area (Å²) < 4.78 is 5.05. The summed E-state index contributed by atoms with van der Waals surface area (Å²) in [5.74, 6) is 0. The Morgan fingerprint density at radius 3 is 3.00 bits per heavy atom. The normalized spacial score (nSPS) is 16.2. The Morgan fingerprint density at radius 1 is 1.54 bits per heavy atom. The highest BCUT2D eigenvalue weighted by Crippen LogP contribution is 2.26. The zero-order valence-electron chi connectivity index (χ0n) is 6.93. The van der Waals surface area contributed by atoms with Crippen molar-refractivity contribution in [3.8, 4) is 6.07 Å². The van der Waals surface area contributed by atoms with Gasteiger partial charge in [-0.15, -0.1) is 0 Å². The maximum absolute atomic E-state index is 8.62. The van der Waals surface area contributed by atoms with Crippen molar-refractivity contribution in [1.82, 2.24) is 4.98 Å². The largest absolute Gasteiger partial charge is 0.379 e. The Balaban J connectivity index is 2.07. The minimum atomic E-state index is 0.477. The van der Waals surface area contributed by atoms with Crippen LogP contribution in [0.2, 0.25) is 0 Å². The maximum atomic E-state index is 8.62. The number of hydrogen-bond acceptors (Lipinski definition) is 4. The van der Waals surface area contributed by atoms with Crippen LogP contribution >= 0.6 is 11.8 Å². The number of nitriles is 1. The van der Waals surface area contributed by atoms with Crippen LogP contribution in [0.15, 0.2) is 23.2 Å². The molecule has 4 heteroatoms. The number of nitrogens with zero attached hydrogens (tertiary/aromatic N) is 2. The predicted molar refractivity (Wildman–Crippen MR) is 49.4 cm³/mol. The Labute approximate surface area is 80.7 Å². The van der Waals surface area contributed by atoms with Gasteiger partial charge in [0.25, 0.3) is 0 Å². The van der Waals surface area contributed by atoms with Crippen LogP contribution in [0.25, 0.3) is 0 Å². The van der Waals surface area contributed by atoms with Gasteiger partial charge in [-0.3, -0.25) is 0 Å². The number of pyridine rings is 1. The van der Waals surface area contributed by atoms with Crippen LogP contribution in [0.4, 0.5) is 0 Å². The van der Waals surface area contributed by atoms with Gasteiger partial charge in [-0.2, -0.15) is 5.26 Å². The summed E-state index contributed by atoms with van der Waals surface area (Å²) in [4.78, 5) is 4.16. The number of aromatic nitrogens is 1. The van der Waals surface area contributed by atoms with Gasteiger partial charge in [-0.05, 0) is 12.1 Å². The van der Waals surface area contributed by atoms with Gasteiger partial charge in [0.2, 0.25) is 0 Å². The van der Waals surface area contributed by atoms with Gasteiger partial charge in [0.15, 0.2) is 0 Å². The summed E-state index contributed by atoms with van der Waals surface area (Å²) in [6, 6.07) is 7.51. The topological polar surface area (TPSA) is 45.9 Å². The van der Waals surface area contributed by atoms with E-state index in [4.69, 9.17) is 10.00 Å². The second-order valence-electron chi connectivity index (χ2n) is 2.75. The van der Waals surface area contributed by atoms with Crippen LogP contribution in [0, 0.1) is 11.3 Å². The third-order valence-electron chi connectivity index (χ3n) is 1.73.